The van der Waals surface area contributed by atoms with Crippen molar-refractivity contribution in [2.75, 3.05) is 37.7 Å². The first-order valence-electron chi connectivity index (χ1n) is 10.4. The van der Waals surface area contributed by atoms with Crippen LogP contribution in [0.25, 0.3) is 0 Å². The van der Waals surface area contributed by atoms with Crippen LogP contribution in [0.2, 0.25) is 0 Å². The van der Waals surface area contributed by atoms with Gasteiger partial charge in [0.2, 0.25) is 0 Å². The van der Waals surface area contributed by atoms with E-state index in [4.69, 9.17) is 15.2 Å². The molecule has 0 aliphatic carbocycles. The van der Waals surface area contributed by atoms with E-state index in [0.717, 1.165) is 44.1 Å². The van der Waals surface area contributed by atoms with E-state index in [0.29, 0.717) is 25.3 Å². The van der Waals surface area contributed by atoms with E-state index in [-0.39, 0.29) is 0 Å². The van der Waals surface area contributed by atoms with Gasteiger partial charge in [0, 0.05) is 43.5 Å². The standard InChI is InChI=1S/C22H31N3O2S/c1-17(4-8-23)24-9-5-19(6-10-24)25(15-18-7-13-28-16-18)20-2-3-21-22(14-20)27-12-11-26-21/h2-3,7,13-14,16-17,19H,4-6,8-12,15,23H2,1H3/t17-/m1/s1. The van der Waals surface area contributed by atoms with E-state index in [1.807, 2.05) is 0 Å². The fourth-order valence-electron chi connectivity index (χ4n) is 4.28. The average molecular weight is 402 g/mol. The van der Waals surface area contributed by atoms with Crippen LogP contribution >= 0.6 is 11.3 Å². The summed E-state index contributed by atoms with van der Waals surface area (Å²) in [6.07, 6.45) is 3.42. The molecule has 1 fully saturated rings. The average Bonchev–Trinajstić information content (AvgIpc) is 3.25. The van der Waals surface area contributed by atoms with Crippen molar-refractivity contribution in [3.05, 3.63) is 40.6 Å². The maximum Gasteiger partial charge on any atom is 0.163 e. The molecule has 0 saturated carbocycles. The van der Waals surface area contributed by atoms with Gasteiger partial charge in [-0.25, -0.2) is 0 Å². The number of hydrogen-bond donors (Lipinski definition) is 1. The summed E-state index contributed by atoms with van der Waals surface area (Å²) in [5.41, 5.74) is 8.36. The topological polar surface area (TPSA) is 51.0 Å². The van der Waals surface area contributed by atoms with E-state index in [1.165, 1.54) is 24.1 Å². The normalized spacial score (nSPS) is 18.8. The number of piperidine rings is 1. The molecule has 1 aromatic carbocycles. The molecule has 0 spiro atoms. The summed E-state index contributed by atoms with van der Waals surface area (Å²) in [4.78, 5) is 5.15. The molecule has 2 N–H and O–H groups in total. The van der Waals surface area contributed by atoms with Gasteiger partial charge in [0.15, 0.2) is 11.5 Å². The second-order valence-corrected chi connectivity index (χ2v) is 8.56. The third-order valence-electron chi connectivity index (χ3n) is 5.94. The Bertz CT molecular complexity index is 744. The van der Waals surface area contributed by atoms with Gasteiger partial charge in [-0.2, -0.15) is 11.3 Å². The summed E-state index contributed by atoms with van der Waals surface area (Å²) < 4.78 is 11.6. The van der Waals surface area contributed by atoms with Gasteiger partial charge in [0.05, 0.1) is 0 Å². The molecule has 0 bridgehead atoms. The fourth-order valence-corrected chi connectivity index (χ4v) is 4.94. The Morgan fingerprint density at radius 3 is 2.68 bits per heavy atom. The molecule has 5 nitrogen and oxygen atoms in total. The van der Waals surface area contributed by atoms with Gasteiger partial charge in [-0.3, -0.25) is 0 Å². The Morgan fingerprint density at radius 2 is 1.96 bits per heavy atom. The van der Waals surface area contributed by atoms with Gasteiger partial charge in [-0.15, -0.1) is 0 Å². The van der Waals surface area contributed by atoms with Gasteiger partial charge in [0.1, 0.15) is 13.2 Å². The van der Waals surface area contributed by atoms with Crippen molar-refractivity contribution < 1.29 is 9.47 Å². The summed E-state index contributed by atoms with van der Waals surface area (Å²) in [5, 5.41) is 4.41. The van der Waals surface area contributed by atoms with Crippen molar-refractivity contribution in [1.82, 2.24) is 4.90 Å². The zero-order chi connectivity index (χ0) is 19.3. The van der Waals surface area contributed by atoms with Crippen LogP contribution in [0.3, 0.4) is 0 Å². The van der Waals surface area contributed by atoms with E-state index >= 15 is 0 Å². The summed E-state index contributed by atoms with van der Waals surface area (Å²) in [7, 11) is 0. The van der Waals surface area contributed by atoms with Crippen LogP contribution in [0, 0.1) is 0 Å². The number of fused-ring (bicyclic) bond motifs is 1. The van der Waals surface area contributed by atoms with Crippen LogP contribution in [0.4, 0.5) is 5.69 Å². The molecule has 152 valence electrons. The van der Waals surface area contributed by atoms with Crippen LogP contribution in [-0.4, -0.2) is 49.8 Å². The van der Waals surface area contributed by atoms with E-state index in [1.54, 1.807) is 11.3 Å². The highest BCUT2D eigenvalue weighted by molar-refractivity contribution is 7.07. The number of thiophene rings is 1. The third kappa shape index (κ3) is 4.45. The summed E-state index contributed by atoms with van der Waals surface area (Å²) in [5.74, 6) is 1.73. The van der Waals surface area contributed by atoms with Crippen molar-refractivity contribution in [3.8, 4) is 11.5 Å². The second-order valence-electron chi connectivity index (χ2n) is 7.78. The van der Waals surface area contributed by atoms with Crippen molar-refractivity contribution in [1.29, 1.82) is 0 Å². The molecular formula is C22H31N3O2S. The number of benzene rings is 1. The smallest absolute Gasteiger partial charge is 0.163 e. The number of likely N-dealkylation sites (tertiary alicyclic amines) is 1. The molecular weight excluding hydrogens is 370 g/mol. The van der Waals surface area contributed by atoms with Gasteiger partial charge < -0.3 is 25.0 Å². The molecule has 4 rings (SSSR count). The van der Waals surface area contributed by atoms with Crippen molar-refractivity contribution in [2.24, 2.45) is 5.73 Å². The van der Waals surface area contributed by atoms with Crippen LogP contribution in [0.5, 0.6) is 11.5 Å². The SMILES string of the molecule is C[C@H](CCN)N1CCC(N(Cc2ccsc2)c2ccc3c(c2)OCCO3)CC1. The van der Waals surface area contributed by atoms with E-state index < -0.39 is 0 Å². The molecule has 3 heterocycles. The molecule has 1 aromatic heterocycles. The van der Waals surface area contributed by atoms with Crippen LogP contribution < -0.4 is 20.1 Å². The highest BCUT2D eigenvalue weighted by Gasteiger charge is 2.28. The third-order valence-corrected chi connectivity index (χ3v) is 6.67. The highest BCUT2D eigenvalue weighted by atomic mass is 32.1. The molecule has 2 aromatic rings. The van der Waals surface area contributed by atoms with Crippen LogP contribution in [0.15, 0.2) is 35.0 Å². The minimum atomic E-state index is 0.531. The Morgan fingerprint density at radius 1 is 1.18 bits per heavy atom. The number of ether oxygens (including phenoxy) is 2. The molecule has 2 aliphatic heterocycles. The zero-order valence-corrected chi connectivity index (χ0v) is 17.5. The molecule has 2 aliphatic rings. The highest BCUT2D eigenvalue weighted by Crippen LogP contribution is 2.36. The number of nitrogens with zero attached hydrogens (tertiary/aromatic N) is 2. The lowest BCUT2D eigenvalue weighted by molar-refractivity contribution is 0.154. The first-order valence-corrected chi connectivity index (χ1v) is 11.3. The minimum absolute atomic E-state index is 0.531. The van der Waals surface area contributed by atoms with Crippen molar-refractivity contribution in [3.63, 3.8) is 0 Å². The molecule has 1 atom stereocenters. The van der Waals surface area contributed by atoms with Gasteiger partial charge in [0.25, 0.3) is 0 Å². The largest absolute Gasteiger partial charge is 0.486 e. The summed E-state index contributed by atoms with van der Waals surface area (Å²) >= 11 is 1.76. The first kappa shape index (κ1) is 19.6. The first-order chi connectivity index (χ1) is 13.7. The lowest BCUT2D eigenvalue weighted by atomic mass is 9.99. The van der Waals surface area contributed by atoms with Crippen LogP contribution in [-0.2, 0) is 6.54 Å². The fraction of sp³-hybridized carbons (Fsp3) is 0.545. The molecule has 0 radical (unpaired) electrons. The second kappa shape index (κ2) is 9.16. The molecule has 28 heavy (non-hydrogen) atoms. The maximum absolute atomic E-state index is 5.84. The predicted molar refractivity (Wildman–Crippen MR) is 116 cm³/mol. The quantitative estimate of drug-likeness (QED) is 0.766. The number of hydrogen-bond acceptors (Lipinski definition) is 6. The number of rotatable bonds is 7. The van der Waals surface area contributed by atoms with Gasteiger partial charge in [-0.1, -0.05) is 0 Å². The Balaban J connectivity index is 1.51. The van der Waals surface area contributed by atoms with Crippen molar-refractivity contribution in [2.45, 2.75) is 44.8 Å². The van der Waals surface area contributed by atoms with Crippen LogP contribution in [0.1, 0.15) is 31.7 Å². The van der Waals surface area contributed by atoms with Gasteiger partial charge in [-0.05, 0) is 67.3 Å². The Hall–Kier alpha value is -1.76. The number of nitrogens with two attached hydrogens (primary N) is 1. The van der Waals surface area contributed by atoms with Crippen molar-refractivity contribution >= 4 is 17.0 Å². The lowest BCUT2D eigenvalue weighted by Crippen LogP contribution is -2.47. The Kier molecular flexibility index (Phi) is 6.40. The Labute approximate surface area is 172 Å². The van der Waals surface area contributed by atoms with E-state index in [9.17, 15) is 0 Å². The zero-order valence-electron chi connectivity index (χ0n) is 16.7. The van der Waals surface area contributed by atoms with E-state index in [2.05, 4.69) is 51.7 Å². The minimum Gasteiger partial charge on any atom is -0.486 e. The molecule has 1 saturated heterocycles. The molecule has 6 heteroatoms. The maximum atomic E-state index is 5.84. The number of anilines is 1. The van der Waals surface area contributed by atoms with Gasteiger partial charge >= 0.3 is 0 Å². The summed E-state index contributed by atoms with van der Waals surface area (Å²) in [6, 6.07) is 9.74. The molecule has 0 amide bonds. The molecule has 0 unspecified atom stereocenters. The monoisotopic (exact) mass is 401 g/mol. The summed E-state index contributed by atoms with van der Waals surface area (Å²) in [6.45, 7) is 7.53. The predicted octanol–water partition coefficient (Wildman–Crippen LogP) is 3.73. The lowest BCUT2D eigenvalue weighted by Gasteiger charge is -2.42.